The monoisotopic (exact) mass is 558 g/mol. The van der Waals surface area contributed by atoms with Crippen LogP contribution in [0.5, 0.6) is 5.75 Å². The zero-order chi connectivity index (χ0) is 26.6. The van der Waals surface area contributed by atoms with E-state index in [-0.39, 0.29) is 18.6 Å². The van der Waals surface area contributed by atoms with E-state index in [1.807, 2.05) is 12.1 Å². The molecule has 1 aliphatic carbocycles. The Balaban J connectivity index is 1.52. The standard InChI is InChI=1S/C24H33ClF2N6O3S/c1-36-21-12-16-8-10-33(14-22(26)27)9-7-15(16)11-20(21)30-24-28-13-17(25)23(31-24)29-18-5-3-4-6-19(18)32-37(2,34)35/h11-13,18-19,22,32H,3-10,14H2,1-2H3,(H2,28,29,30,31)/t18-,19-/m1/s1. The van der Waals surface area contributed by atoms with Crippen LogP contribution in [0.4, 0.5) is 26.2 Å². The smallest absolute Gasteiger partial charge is 0.251 e. The molecule has 1 aromatic heterocycles. The lowest BCUT2D eigenvalue weighted by Crippen LogP contribution is -2.48. The molecule has 13 heteroatoms. The molecule has 0 amide bonds. The summed E-state index contributed by atoms with van der Waals surface area (Å²) in [6.45, 7) is 0.893. The molecule has 3 N–H and O–H groups in total. The number of methoxy groups -OCH3 is 1. The number of alkyl halides is 2. The van der Waals surface area contributed by atoms with Gasteiger partial charge in [-0.15, -0.1) is 0 Å². The third-order valence-corrected chi connectivity index (χ3v) is 7.76. The molecule has 2 heterocycles. The van der Waals surface area contributed by atoms with Crippen LogP contribution in [0.25, 0.3) is 0 Å². The summed E-state index contributed by atoms with van der Waals surface area (Å²) >= 11 is 6.38. The van der Waals surface area contributed by atoms with Gasteiger partial charge >= 0.3 is 0 Å². The van der Waals surface area contributed by atoms with Crippen LogP contribution in [0.15, 0.2) is 18.3 Å². The Morgan fingerprint density at radius 2 is 1.84 bits per heavy atom. The Labute approximate surface area is 221 Å². The highest BCUT2D eigenvalue weighted by molar-refractivity contribution is 7.88. The van der Waals surface area contributed by atoms with Crippen molar-refractivity contribution >= 4 is 39.1 Å². The van der Waals surface area contributed by atoms with Crippen molar-refractivity contribution in [2.75, 3.05) is 43.6 Å². The number of hydrogen-bond donors (Lipinski definition) is 3. The van der Waals surface area contributed by atoms with E-state index in [0.29, 0.717) is 54.2 Å². The van der Waals surface area contributed by atoms with Crippen molar-refractivity contribution in [3.8, 4) is 5.75 Å². The summed E-state index contributed by atoms with van der Waals surface area (Å²) in [6, 6.07) is 3.46. The number of fused-ring (bicyclic) bond motifs is 1. The first-order valence-corrected chi connectivity index (χ1v) is 14.6. The highest BCUT2D eigenvalue weighted by Gasteiger charge is 2.28. The van der Waals surface area contributed by atoms with Crippen molar-refractivity contribution in [3.05, 3.63) is 34.5 Å². The summed E-state index contributed by atoms with van der Waals surface area (Å²) in [5, 5.41) is 6.83. The Morgan fingerprint density at radius 1 is 1.16 bits per heavy atom. The zero-order valence-corrected chi connectivity index (χ0v) is 22.5. The first-order valence-electron chi connectivity index (χ1n) is 12.3. The molecular formula is C24H33ClF2N6O3S. The number of sulfonamides is 1. The molecule has 0 saturated heterocycles. The normalized spacial score (nSPS) is 20.8. The third kappa shape index (κ3) is 7.62. The zero-order valence-electron chi connectivity index (χ0n) is 20.9. The lowest BCUT2D eigenvalue weighted by atomic mass is 9.91. The molecule has 0 unspecified atom stereocenters. The van der Waals surface area contributed by atoms with Crippen LogP contribution in [0, 0.1) is 0 Å². The minimum Gasteiger partial charge on any atom is -0.495 e. The van der Waals surface area contributed by atoms with Gasteiger partial charge in [-0.25, -0.2) is 26.9 Å². The molecular weight excluding hydrogens is 526 g/mol. The van der Waals surface area contributed by atoms with Gasteiger partial charge in [-0.2, -0.15) is 4.98 Å². The van der Waals surface area contributed by atoms with Crippen LogP contribution in [0.1, 0.15) is 36.8 Å². The molecule has 9 nitrogen and oxygen atoms in total. The minimum absolute atomic E-state index is 0.165. The van der Waals surface area contributed by atoms with E-state index in [2.05, 4.69) is 25.3 Å². The number of aromatic nitrogens is 2. The molecule has 2 atom stereocenters. The van der Waals surface area contributed by atoms with Crippen molar-refractivity contribution in [1.82, 2.24) is 19.6 Å². The fourth-order valence-corrected chi connectivity index (χ4v) is 5.97. The van der Waals surface area contributed by atoms with Gasteiger partial charge in [0.25, 0.3) is 6.43 Å². The summed E-state index contributed by atoms with van der Waals surface area (Å²) in [4.78, 5) is 10.6. The Morgan fingerprint density at radius 3 is 2.49 bits per heavy atom. The molecule has 1 aliphatic heterocycles. The lowest BCUT2D eigenvalue weighted by molar-refractivity contribution is 0.0904. The van der Waals surface area contributed by atoms with Crippen LogP contribution >= 0.6 is 11.6 Å². The van der Waals surface area contributed by atoms with Crippen molar-refractivity contribution in [3.63, 3.8) is 0 Å². The van der Waals surface area contributed by atoms with E-state index in [1.54, 1.807) is 12.0 Å². The van der Waals surface area contributed by atoms with Crippen molar-refractivity contribution in [1.29, 1.82) is 0 Å². The molecule has 204 valence electrons. The van der Waals surface area contributed by atoms with Gasteiger partial charge in [0.1, 0.15) is 10.8 Å². The van der Waals surface area contributed by atoms with Gasteiger partial charge in [0.15, 0.2) is 5.82 Å². The number of nitrogens with one attached hydrogen (secondary N) is 3. The average molecular weight is 559 g/mol. The molecule has 1 fully saturated rings. The van der Waals surface area contributed by atoms with Crippen LogP contribution < -0.4 is 20.1 Å². The van der Waals surface area contributed by atoms with Gasteiger partial charge in [0.2, 0.25) is 16.0 Å². The number of rotatable bonds is 9. The molecule has 0 bridgehead atoms. The minimum atomic E-state index is -3.36. The number of halogens is 3. The molecule has 4 rings (SSSR count). The van der Waals surface area contributed by atoms with E-state index < -0.39 is 16.4 Å². The van der Waals surface area contributed by atoms with E-state index in [1.165, 1.54) is 6.20 Å². The maximum atomic E-state index is 12.9. The number of hydrogen-bond acceptors (Lipinski definition) is 8. The predicted molar refractivity (Wildman–Crippen MR) is 141 cm³/mol. The van der Waals surface area contributed by atoms with Gasteiger partial charge in [0.05, 0.1) is 31.8 Å². The second kappa shape index (κ2) is 12.1. The van der Waals surface area contributed by atoms with Crippen LogP contribution in [0.3, 0.4) is 0 Å². The van der Waals surface area contributed by atoms with Gasteiger partial charge < -0.3 is 15.4 Å². The number of ether oxygens (including phenoxy) is 1. The summed E-state index contributed by atoms with van der Waals surface area (Å²) in [6.07, 6.45) is 4.99. The topological polar surface area (TPSA) is 108 Å². The number of anilines is 3. The van der Waals surface area contributed by atoms with Crippen LogP contribution in [0.2, 0.25) is 5.02 Å². The summed E-state index contributed by atoms with van der Waals surface area (Å²) in [5.41, 5.74) is 2.79. The predicted octanol–water partition coefficient (Wildman–Crippen LogP) is 3.82. The Hall–Kier alpha value is -2.28. The molecule has 2 aromatic rings. The Kier molecular flexibility index (Phi) is 9.04. The first-order chi connectivity index (χ1) is 17.6. The van der Waals surface area contributed by atoms with Crippen molar-refractivity contribution in [2.24, 2.45) is 0 Å². The number of nitrogens with zero attached hydrogens (tertiary/aromatic N) is 3. The van der Waals surface area contributed by atoms with Gasteiger partial charge in [0, 0.05) is 25.2 Å². The van der Waals surface area contributed by atoms with E-state index >= 15 is 0 Å². The van der Waals surface area contributed by atoms with Crippen molar-refractivity contribution < 1.29 is 21.9 Å². The first kappa shape index (κ1) is 27.7. The van der Waals surface area contributed by atoms with Gasteiger partial charge in [-0.3, -0.25) is 4.90 Å². The molecule has 0 spiro atoms. The van der Waals surface area contributed by atoms with E-state index in [9.17, 15) is 17.2 Å². The second-order valence-electron chi connectivity index (χ2n) is 9.56. The highest BCUT2D eigenvalue weighted by atomic mass is 35.5. The summed E-state index contributed by atoms with van der Waals surface area (Å²) in [7, 11) is -1.79. The van der Waals surface area contributed by atoms with Gasteiger partial charge in [-0.1, -0.05) is 24.4 Å². The molecule has 0 radical (unpaired) electrons. The molecule has 1 aromatic carbocycles. The quantitative estimate of drug-likeness (QED) is 0.426. The molecule has 2 aliphatic rings. The molecule has 37 heavy (non-hydrogen) atoms. The van der Waals surface area contributed by atoms with E-state index in [4.69, 9.17) is 16.3 Å². The largest absolute Gasteiger partial charge is 0.495 e. The molecule has 1 saturated carbocycles. The second-order valence-corrected chi connectivity index (χ2v) is 11.7. The Bertz CT molecular complexity index is 1200. The lowest BCUT2D eigenvalue weighted by Gasteiger charge is -2.32. The van der Waals surface area contributed by atoms with E-state index in [0.717, 1.165) is 43.1 Å². The summed E-state index contributed by atoms with van der Waals surface area (Å²) in [5.74, 6) is 1.29. The highest BCUT2D eigenvalue weighted by Crippen LogP contribution is 2.33. The van der Waals surface area contributed by atoms with Crippen LogP contribution in [-0.4, -0.2) is 74.8 Å². The van der Waals surface area contributed by atoms with Crippen LogP contribution in [-0.2, 0) is 22.9 Å². The average Bonchev–Trinajstić information content (AvgIpc) is 3.02. The maximum Gasteiger partial charge on any atom is 0.251 e. The summed E-state index contributed by atoms with van der Waals surface area (Å²) < 4.78 is 57.7. The van der Waals surface area contributed by atoms with Crippen molar-refractivity contribution in [2.45, 2.75) is 57.0 Å². The van der Waals surface area contributed by atoms with Gasteiger partial charge in [-0.05, 0) is 48.9 Å². The fraction of sp³-hybridized carbons (Fsp3) is 0.583. The maximum absolute atomic E-state index is 12.9. The SMILES string of the molecule is COc1cc2c(cc1Nc1ncc(Cl)c(N[C@@H]3CCCC[C@H]3NS(C)(=O)=O)n1)CCN(CC(F)F)CC2. The number of benzene rings is 1. The fourth-order valence-electron chi connectivity index (χ4n) is 4.99. The third-order valence-electron chi connectivity index (χ3n) is 6.76.